The van der Waals surface area contributed by atoms with Crippen LogP contribution in [0.25, 0.3) is 11.4 Å². The summed E-state index contributed by atoms with van der Waals surface area (Å²) in [5.41, 5.74) is 3.04. The van der Waals surface area contributed by atoms with Crippen molar-refractivity contribution in [1.29, 1.82) is 0 Å². The molecule has 7 heteroatoms. The molecule has 0 aliphatic heterocycles. The summed E-state index contributed by atoms with van der Waals surface area (Å²) in [6.45, 7) is 2.53. The summed E-state index contributed by atoms with van der Waals surface area (Å²) in [6.07, 6.45) is 1.66. The quantitative estimate of drug-likeness (QED) is 0.392. The molecule has 4 aromatic rings. The van der Waals surface area contributed by atoms with Gasteiger partial charge in [0.05, 0.1) is 12.8 Å². The van der Waals surface area contributed by atoms with Crippen LogP contribution in [0, 0.1) is 6.92 Å². The summed E-state index contributed by atoms with van der Waals surface area (Å²) >= 11 is 1.40. The summed E-state index contributed by atoms with van der Waals surface area (Å²) in [5, 5.41) is 9.22. The van der Waals surface area contributed by atoms with Gasteiger partial charge in [0.15, 0.2) is 11.0 Å². The summed E-state index contributed by atoms with van der Waals surface area (Å²) in [5.74, 6) is 1.55. The number of hydrogen-bond acceptors (Lipinski definition) is 5. The van der Waals surface area contributed by atoms with Gasteiger partial charge in [-0.15, -0.1) is 10.2 Å². The zero-order valence-electron chi connectivity index (χ0n) is 17.7. The molecular weight excluding hydrogens is 408 g/mol. The van der Waals surface area contributed by atoms with E-state index in [2.05, 4.69) is 23.2 Å². The van der Waals surface area contributed by atoms with Crippen molar-refractivity contribution >= 4 is 17.7 Å². The van der Waals surface area contributed by atoms with Gasteiger partial charge in [-0.25, -0.2) is 0 Å². The van der Waals surface area contributed by atoms with Crippen molar-refractivity contribution in [2.45, 2.75) is 23.9 Å². The monoisotopic (exact) mass is 432 g/mol. The molecular formula is C24H24N4O2S. The van der Waals surface area contributed by atoms with Gasteiger partial charge < -0.3 is 9.32 Å². The van der Waals surface area contributed by atoms with Gasteiger partial charge >= 0.3 is 0 Å². The minimum absolute atomic E-state index is 0.00110. The van der Waals surface area contributed by atoms with E-state index in [1.54, 1.807) is 25.3 Å². The standard InChI is InChI=1S/C24H24N4O2S/c1-17-10-7-8-14-20(17)22-25-26-24(28(22)16-19-13-9-15-30-19)31-21(23(29)27(2)3)18-11-5-4-6-12-18/h4-15,21H,16H2,1-3H3. The highest BCUT2D eigenvalue weighted by atomic mass is 32.2. The van der Waals surface area contributed by atoms with Crippen molar-refractivity contribution in [2.75, 3.05) is 14.1 Å². The second kappa shape index (κ2) is 9.22. The maximum atomic E-state index is 13.0. The number of carbonyl (C=O) groups excluding carboxylic acids is 1. The molecule has 0 radical (unpaired) electrons. The lowest BCUT2D eigenvalue weighted by atomic mass is 10.1. The third kappa shape index (κ3) is 4.56. The summed E-state index contributed by atoms with van der Waals surface area (Å²) in [4.78, 5) is 14.6. The molecule has 0 bridgehead atoms. The molecule has 2 heterocycles. The van der Waals surface area contributed by atoms with Crippen LogP contribution in [-0.4, -0.2) is 39.7 Å². The molecule has 0 fully saturated rings. The number of benzene rings is 2. The average Bonchev–Trinajstić information content (AvgIpc) is 3.43. The number of nitrogens with zero attached hydrogens (tertiary/aromatic N) is 4. The van der Waals surface area contributed by atoms with Gasteiger partial charge in [0.1, 0.15) is 11.0 Å². The molecule has 31 heavy (non-hydrogen) atoms. The van der Waals surface area contributed by atoms with E-state index >= 15 is 0 Å². The highest BCUT2D eigenvalue weighted by Crippen LogP contribution is 2.37. The Morgan fingerprint density at radius 1 is 1.03 bits per heavy atom. The van der Waals surface area contributed by atoms with E-state index in [1.165, 1.54) is 11.8 Å². The topological polar surface area (TPSA) is 64.2 Å². The first-order valence-electron chi connectivity index (χ1n) is 9.99. The molecule has 6 nitrogen and oxygen atoms in total. The van der Waals surface area contributed by atoms with Crippen molar-refractivity contribution in [2.24, 2.45) is 0 Å². The molecule has 0 saturated heterocycles. The van der Waals surface area contributed by atoms with E-state index in [4.69, 9.17) is 4.42 Å². The summed E-state index contributed by atoms with van der Waals surface area (Å²) in [7, 11) is 3.54. The molecule has 2 aromatic heterocycles. The number of thioether (sulfide) groups is 1. The van der Waals surface area contributed by atoms with Crippen LogP contribution in [-0.2, 0) is 11.3 Å². The molecule has 158 valence electrons. The fourth-order valence-electron chi connectivity index (χ4n) is 3.33. The molecule has 1 atom stereocenters. The van der Waals surface area contributed by atoms with E-state index in [1.807, 2.05) is 65.2 Å². The maximum Gasteiger partial charge on any atom is 0.240 e. The Hall–Kier alpha value is -3.32. The first-order valence-corrected chi connectivity index (χ1v) is 10.9. The predicted octanol–water partition coefficient (Wildman–Crippen LogP) is 4.82. The Morgan fingerprint density at radius 3 is 2.45 bits per heavy atom. The van der Waals surface area contributed by atoms with Crippen molar-refractivity contribution < 1.29 is 9.21 Å². The zero-order valence-corrected chi connectivity index (χ0v) is 18.5. The number of aryl methyl sites for hydroxylation is 1. The largest absolute Gasteiger partial charge is 0.467 e. The van der Waals surface area contributed by atoms with Crippen LogP contribution in [0.15, 0.2) is 82.6 Å². The Balaban J connectivity index is 1.78. The maximum absolute atomic E-state index is 13.0. The van der Waals surface area contributed by atoms with Gasteiger partial charge in [-0.05, 0) is 30.2 Å². The van der Waals surface area contributed by atoms with Crippen LogP contribution in [0.3, 0.4) is 0 Å². The van der Waals surface area contributed by atoms with Gasteiger partial charge in [0.25, 0.3) is 0 Å². The van der Waals surface area contributed by atoms with Gasteiger partial charge in [-0.2, -0.15) is 0 Å². The number of furan rings is 1. The SMILES string of the molecule is Cc1ccccc1-c1nnc(SC(C(=O)N(C)C)c2ccccc2)n1Cc1ccco1. The van der Waals surface area contributed by atoms with Crippen LogP contribution in [0.5, 0.6) is 0 Å². The zero-order chi connectivity index (χ0) is 21.8. The highest BCUT2D eigenvalue weighted by Gasteiger charge is 2.27. The lowest BCUT2D eigenvalue weighted by Gasteiger charge is -2.20. The fourth-order valence-corrected chi connectivity index (χ4v) is 4.51. The molecule has 4 rings (SSSR count). The average molecular weight is 433 g/mol. The summed E-state index contributed by atoms with van der Waals surface area (Å²) in [6, 6.07) is 21.6. The van der Waals surface area contributed by atoms with Crippen molar-refractivity contribution in [3.63, 3.8) is 0 Å². The second-order valence-electron chi connectivity index (χ2n) is 7.43. The predicted molar refractivity (Wildman–Crippen MR) is 122 cm³/mol. The van der Waals surface area contributed by atoms with Gasteiger partial charge in [0.2, 0.25) is 5.91 Å². The molecule has 0 aliphatic carbocycles. The van der Waals surface area contributed by atoms with Crippen molar-refractivity contribution in [3.8, 4) is 11.4 Å². The molecule has 0 aliphatic rings. The van der Waals surface area contributed by atoms with Crippen LogP contribution >= 0.6 is 11.8 Å². The number of aromatic nitrogens is 3. The number of hydrogen-bond donors (Lipinski definition) is 0. The Morgan fingerprint density at radius 2 is 1.77 bits per heavy atom. The normalized spacial score (nSPS) is 12.0. The molecule has 1 amide bonds. The lowest BCUT2D eigenvalue weighted by molar-refractivity contribution is -0.128. The first-order chi connectivity index (χ1) is 15.0. The van der Waals surface area contributed by atoms with E-state index in [0.29, 0.717) is 11.7 Å². The first kappa shape index (κ1) is 20.9. The third-order valence-corrected chi connectivity index (χ3v) is 6.21. The Bertz CT molecular complexity index is 1150. The molecule has 0 N–H and O–H groups in total. The van der Waals surface area contributed by atoms with Gasteiger partial charge in [-0.1, -0.05) is 66.4 Å². The van der Waals surface area contributed by atoms with Crippen molar-refractivity contribution in [3.05, 3.63) is 89.9 Å². The van der Waals surface area contributed by atoms with E-state index in [-0.39, 0.29) is 5.91 Å². The molecule has 0 saturated carbocycles. The number of carbonyl (C=O) groups is 1. The van der Waals surface area contributed by atoms with Gasteiger partial charge in [-0.3, -0.25) is 9.36 Å². The molecule has 2 aromatic carbocycles. The Kier molecular flexibility index (Phi) is 6.23. The molecule has 1 unspecified atom stereocenters. The lowest BCUT2D eigenvalue weighted by Crippen LogP contribution is -2.27. The summed E-state index contributed by atoms with van der Waals surface area (Å²) < 4.78 is 7.62. The number of likely N-dealkylation sites (N-methyl/N-ethyl adjacent to an activating group) is 1. The van der Waals surface area contributed by atoms with E-state index in [9.17, 15) is 4.79 Å². The van der Waals surface area contributed by atoms with Crippen LogP contribution in [0.4, 0.5) is 0 Å². The van der Waals surface area contributed by atoms with Crippen LogP contribution in [0.1, 0.15) is 22.1 Å². The number of amides is 1. The third-order valence-electron chi connectivity index (χ3n) is 4.99. The minimum atomic E-state index is -0.430. The van der Waals surface area contributed by atoms with Gasteiger partial charge in [0, 0.05) is 19.7 Å². The fraction of sp³-hybridized carbons (Fsp3) is 0.208. The van der Waals surface area contributed by atoms with E-state index < -0.39 is 5.25 Å². The van der Waals surface area contributed by atoms with Crippen LogP contribution < -0.4 is 0 Å². The highest BCUT2D eigenvalue weighted by molar-refractivity contribution is 8.00. The van der Waals surface area contributed by atoms with Crippen LogP contribution in [0.2, 0.25) is 0 Å². The van der Waals surface area contributed by atoms with E-state index in [0.717, 1.165) is 28.3 Å². The number of rotatable bonds is 7. The second-order valence-corrected chi connectivity index (χ2v) is 8.50. The molecule has 0 spiro atoms. The minimum Gasteiger partial charge on any atom is -0.467 e. The Labute approximate surface area is 185 Å². The van der Waals surface area contributed by atoms with Crippen molar-refractivity contribution in [1.82, 2.24) is 19.7 Å². The smallest absolute Gasteiger partial charge is 0.240 e.